The average molecular weight is 743 g/mol. The molecule has 0 saturated heterocycles. The van der Waals surface area contributed by atoms with Gasteiger partial charge in [0.2, 0.25) is 5.91 Å². The van der Waals surface area contributed by atoms with E-state index in [2.05, 4.69) is 31.3 Å². The summed E-state index contributed by atoms with van der Waals surface area (Å²) in [4.78, 5) is 25.2. The molecule has 0 aromatic rings. The minimum atomic E-state index is -4.58. The highest BCUT2D eigenvalue weighted by atomic mass is 31.2. The summed E-state index contributed by atoms with van der Waals surface area (Å²) in [5, 5.41) is 13.7. The third-order valence-corrected chi connectivity index (χ3v) is 10.4. The van der Waals surface area contributed by atoms with Crippen LogP contribution >= 0.6 is 7.82 Å². The fraction of sp³-hybridized carbons (Fsp3) is 0.881. The number of phosphoric acid groups is 1. The Labute approximate surface area is 315 Å². The van der Waals surface area contributed by atoms with Gasteiger partial charge in [0.15, 0.2) is 0 Å². The Balaban J connectivity index is 4.49. The molecule has 0 saturated carbocycles. The first kappa shape index (κ1) is 50.0. The zero-order valence-electron chi connectivity index (χ0n) is 34.1. The van der Waals surface area contributed by atoms with Gasteiger partial charge in [-0.15, -0.1) is 0 Å². The third-order valence-electron chi connectivity index (χ3n) is 9.41. The lowest BCUT2D eigenvalue weighted by Gasteiger charge is -2.29. The predicted octanol–water partition coefficient (Wildman–Crippen LogP) is 10.7. The van der Waals surface area contributed by atoms with Crippen LogP contribution in [0.25, 0.3) is 0 Å². The molecule has 0 fully saturated rings. The quantitative estimate of drug-likeness (QED) is 0.0282. The van der Waals surface area contributed by atoms with Crippen LogP contribution in [-0.2, 0) is 18.4 Å². The van der Waals surface area contributed by atoms with Gasteiger partial charge >= 0.3 is 0 Å². The van der Waals surface area contributed by atoms with E-state index in [9.17, 15) is 19.4 Å². The molecule has 0 aliphatic heterocycles. The van der Waals surface area contributed by atoms with Crippen molar-refractivity contribution >= 4 is 13.7 Å². The van der Waals surface area contributed by atoms with Crippen molar-refractivity contribution in [1.82, 2.24) is 5.32 Å². The Morgan fingerprint density at radius 2 is 1.08 bits per heavy atom. The smallest absolute Gasteiger partial charge is 0.268 e. The van der Waals surface area contributed by atoms with Gasteiger partial charge < -0.3 is 28.8 Å². The summed E-state index contributed by atoms with van der Waals surface area (Å²) in [5.41, 5.74) is 0. The lowest BCUT2D eigenvalue weighted by molar-refractivity contribution is -0.870. The second-order valence-corrected chi connectivity index (χ2v) is 17.1. The van der Waals surface area contributed by atoms with E-state index >= 15 is 0 Å². The van der Waals surface area contributed by atoms with Crippen LogP contribution in [-0.4, -0.2) is 68.5 Å². The van der Waals surface area contributed by atoms with Crippen molar-refractivity contribution < 1.29 is 32.9 Å². The molecule has 8 nitrogen and oxygen atoms in total. The summed E-state index contributed by atoms with van der Waals surface area (Å²) in [6.45, 7) is 4.62. The molecule has 0 bridgehead atoms. The van der Waals surface area contributed by atoms with Crippen LogP contribution < -0.4 is 10.2 Å². The number of hydrogen-bond donors (Lipinski definition) is 2. The van der Waals surface area contributed by atoms with Gasteiger partial charge in [0.05, 0.1) is 39.9 Å². The average Bonchev–Trinajstić information content (AvgIpc) is 3.07. The monoisotopic (exact) mass is 743 g/mol. The van der Waals surface area contributed by atoms with Gasteiger partial charge in [0.25, 0.3) is 7.82 Å². The zero-order chi connectivity index (χ0) is 37.9. The minimum absolute atomic E-state index is 0.00279. The van der Waals surface area contributed by atoms with E-state index in [0.29, 0.717) is 17.4 Å². The standard InChI is InChI=1S/C42H83N2O6P/c1-6-8-10-12-14-16-18-20-21-22-24-25-27-29-31-33-35-41(45)40(39-50-51(47,48)49-38-37-44(3,4)5)43-42(46)36-34-32-30-28-26-23-19-17-15-13-11-9-7-2/h23,26,33,35,40-41,45H,6-22,24-25,27-32,34,36-39H2,1-5H3,(H-,43,46,47,48)/b26-23-,35-33+. The molecular weight excluding hydrogens is 659 g/mol. The Hall–Kier alpha value is -1.02. The number of hydrogen-bond acceptors (Lipinski definition) is 6. The van der Waals surface area contributed by atoms with E-state index in [1.807, 2.05) is 27.2 Å². The number of unbranched alkanes of at least 4 members (excludes halogenated alkanes) is 23. The Morgan fingerprint density at radius 1 is 0.667 bits per heavy atom. The third kappa shape index (κ3) is 37.1. The second kappa shape index (κ2) is 34.7. The van der Waals surface area contributed by atoms with Crippen LogP contribution in [0.15, 0.2) is 24.3 Å². The number of carbonyl (C=O) groups excluding carboxylic acids is 1. The number of carbonyl (C=O) groups is 1. The van der Waals surface area contributed by atoms with Crippen LogP contribution in [0.3, 0.4) is 0 Å². The van der Waals surface area contributed by atoms with Gasteiger partial charge in [0.1, 0.15) is 13.2 Å². The molecule has 0 rings (SSSR count). The Kier molecular flexibility index (Phi) is 34.0. The first-order valence-electron chi connectivity index (χ1n) is 21.2. The number of amides is 1. The minimum Gasteiger partial charge on any atom is -0.756 e. The topological polar surface area (TPSA) is 108 Å². The summed E-state index contributed by atoms with van der Waals surface area (Å²) in [6.07, 6.45) is 39.3. The van der Waals surface area contributed by atoms with E-state index in [1.54, 1.807) is 6.08 Å². The molecule has 0 spiro atoms. The highest BCUT2D eigenvalue weighted by Gasteiger charge is 2.23. The molecule has 302 valence electrons. The predicted molar refractivity (Wildman–Crippen MR) is 215 cm³/mol. The summed E-state index contributed by atoms with van der Waals surface area (Å²) < 4.78 is 23.1. The summed E-state index contributed by atoms with van der Waals surface area (Å²) in [6, 6.07) is -0.890. The van der Waals surface area contributed by atoms with Gasteiger partial charge in [-0.2, -0.15) is 0 Å². The Morgan fingerprint density at radius 3 is 1.53 bits per heavy atom. The molecule has 0 aliphatic carbocycles. The highest BCUT2D eigenvalue weighted by molar-refractivity contribution is 7.45. The number of likely N-dealkylation sites (N-methyl/N-ethyl adjacent to an activating group) is 1. The molecule has 0 aliphatic rings. The number of quaternary nitrogens is 1. The van der Waals surface area contributed by atoms with Crippen molar-refractivity contribution in [2.45, 2.75) is 199 Å². The lowest BCUT2D eigenvalue weighted by atomic mass is 10.0. The maximum atomic E-state index is 12.8. The number of nitrogens with zero attached hydrogens (tertiary/aromatic N) is 1. The fourth-order valence-electron chi connectivity index (χ4n) is 5.97. The number of rotatable bonds is 38. The van der Waals surface area contributed by atoms with Crippen LogP contribution in [0.2, 0.25) is 0 Å². The number of phosphoric ester groups is 1. The van der Waals surface area contributed by atoms with Crippen LogP contribution in [0, 0.1) is 0 Å². The van der Waals surface area contributed by atoms with Crippen LogP contribution in [0.4, 0.5) is 0 Å². The van der Waals surface area contributed by atoms with Gasteiger partial charge in [-0.25, -0.2) is 0 Å². The molecule has 0 aromatic heterocycles. The number of nitrogens with one attached hydrogen (secondary N) is 1. The van der Waals surface area contributed by atoms with Crippen molar-refractivity contribution in [3.05, 3.63) is 24.3 Å². The van der Waals surface area contributed by atoms with Crippen molar-refractivity contribution in [3.63, 3.8) is 0 Å². The SMILES string of the molecule is CCCCCCCC/C=C\CCCCCC(=O)NC(COP(=O)([O-])OCC[N+](C)(C)C)C(O)/C=C/CCCCCCCCCCCCCCCC. The summed E-state index contributed by atoms with van der Waals surface area (Å²) in [7, 11) is 1.25. The van der Waals surface area contributed by atoms with Gasteiger partial charge in [0, 0.05) is 6.42 Å². The molecule has 1 amide bonds. The summed E-state index contributed by atoms with van der Waals surface area (Å²) in [5.74, 6) is -0.215. The maximum Gasteiger partial charge on any atom is 0.268 e. The molecule has 3 atom stereocenters. The van der Waals surface area contributed by atoms with Gasteiger partial charge in [-0.05, 0) is 44.9 Å². The van der Waals surface area contributed by atoms with Crippen LogP contribution in [0.1, 0.15) is 187 Å². The lowest BCUT2D eigenvalue weighted by Crippen LogP contribution is -2.45. The first-order valence-corrected chi connectivity index (χ1v) is 22.7. The van der Waals surface area contributed by atoms with Crippen molar-refractivity contribution in [3.8, 4) is 0 Å². The summed E-state index contributed by atoms with van der Waals surface area (Å²) >= 11 is 0. The van der Waals surface area contributed by atoms with E-state index < -0.39 is 20.0 Å². The van der Waals surface area contributed by atoms with E-state index in [4.69, 9.17) is 9.05 Å². The molecule has 51 heavy (non-hydrogen) atoms. The molecule has 0 aromatic carbocycles. The van der Waals surface area contributed by atoms with Gasteiger partial charge in [-0.1, -0.05) is 160 Å². The largest absolute Gasteiger partial charge is 0.756 e. The second-order valence-electron chi connectivity index (χ2n) is 15.7. The molecule has 3 unspecified atom stereocenters. The molecule has 0 radical (unpaired) electrons. The molecular formula is C42H83N2O6P. The maximum absolute atomic E-state index is 12.8. The van der Waals surface area contributed by atoms with Crippen molar-refractivity contribution in [2.24, 2.45) is 0 Å². The Bertz CT molecular complexity index is 891. The van der Waals surface area contributed by atoms with Gasteiger partial charge in [-0.3, -0.25) is 9.36 Å². The van der Waals surface area contributed by atoms with Crippen molar-refractivity contribution in [2.75, 3.05) is 40.9 Å². The van der Waals surface area contributed by atoms with E-state index in [1.165, 1.54) is 116 Å². The van der Waals surface area contributed by atoms with Crippen molar-refractivity contribution in [1.29, 1.82) is 0 Å². The number of aliphatic hydroxyl groups excluding tert-OH is 1. The highest BCUT2D eigenvalue weighted by Crippen LogP contribution is 2.38. The number of allylic oxidation sites excluding steroid dienone is 3. The first-order chi connectivity index (χ1) is 24.5. The van der Waals surface area contributed by atoms with E-state index in [0.717, 1.165) is 51.4 Å². The molecule has 2 N–H and O–H groups in total. The zero-order valence-corrected chi connectivity index (χ0v) is 35.0. The number of aliphatic hydroxyl groups is 1. The molecule has 9 heteroatoms. The normalized spacial score (nSPS) is 14.7. The fourth-order valence-corrected chi connectivity index (χ4v) is 6.69. The van der Waals surface area contributed by atoms with Crippen LogP contribution in [0.5, 0.6) is 0 Å². The molecule has 0 heterocycles. The van der Waals surface area contributed by atoms with E-state index in [-0.39, 0.29) is 19.1 Å².